The van der Waals surface area contributed by atoms with Gasteiger partial charge >= 0.3 is 0 Å². The zero-order valence-corrected chi connectivity index (χ0v) is 18.0. The molecule has 0 spiro atoms. The summed E-state index contributed by atoms with van der Waals surface area (Å²) in [5, 5.41) is 0. The van der Waals surface area contributed by atoms with Crippen molar-refractivity contribution in [2.75, 3.05) is 19.6 Å². The van der Waals surface area contributed by atoms with Crippen molar-refractivity contribution >= 4 is 33.8 Å². The number of halogens is 1. The van der Waals surface area contributed by atoms with Crippen LogP contribution in [0.2, 0.25) is 0 Å². The second-order valence-electron chi connectivity index (χ2n) is 7.77. The molecule has 0 aromatic heterocycles. The van der Waals surface area contributed by atoms with Gasteiger partial charge in [0.15, 0.2) is 0 Å². The SMILES string of the molecule is O=C(/C=C\c1cccc(Br)c1)N1CCC(C(=O)N2CCc3ccccc3C2)CC1. The van der Waals surface area contributed by atoms with E-state index in [1.54, 1.807) is 6.08 Å². The molecule has 2 aromatic carbocycles. The van der Waals surface area contributed by atoms with Gasteiger partial charge in [0.05, 0.1) is 0 Å². The number of rotatable bonds is 3. The van der Waals surface area contributed by atoms with E-state index in [2.05, 4.69) is 34.1 Å². The number of nitrogens with zero attached hydrogens (tertiary/aromatic N) is 2. The van der Waals surface area contributed by atoms with Gasteiger partial charge in [-0.05, 0) is 54.2 Å². The van der Waals surface area contributed by atoms with Gasteiger partial charge in [-0.1, -0.05) is 52.3 Å². The average Bonchev–Trinajstić information content (AvgIpc) is 2.77. The van der Waals surface area contributed by atoms with E-state index in [9.17, 15) is 9.59 Å². The number of hydrogen-bond donors (Lipinski definition) is 0. The van der Waals surface area contributed by atoms with Gasteiger partial charge < -0.3 is 9.80 Å². The number of piperidine rings is 1. The standard InChI is InChI=1S/C24H25BrN2O2/c25-22-7-3-4-18(16-22)8-9-23(28)26-13-11-20(12-14-26)24(29)27-15-10-19-5-1-2-6-21(19)17-27/h1-9,16,20H,10-15,17H2/b9-8-. The summed E-state index contributed by atoms with van der Waals surface area (Å²) < 4.78 is 0.992. The molecule has 2 aromatic rings. The highest BCUT2D eigenvalue weighted by atomic mass is 79.9. The predicted octanol–water partition coefficient (Wildman–Crippen LogP) is 4.29. The molecule has 1 saturated heterocycles. The number of hydrogen-bond acceptors (Lipinski definition) is 2. The zero-order chi connectivity index (χ0) is 20.2. The van der Waals surface area contributed by atoms with Crippen LogP contribution in [-0.2, 0) is 22.6 Å². The third-order valence-corrected chi connectivity index (χ3v) is 6.36. The molecule has 0 unspecified atom stereocenters. The smallest absolute Gasteiger partial charge is 0.246 e. The predicted molar refractivity (Wildman–Crippen MR) is 118 cm³/mol. The Labute approximate surface area is 180 Å². The molecule has 29 heavy (non-hydrogen) atoms. The fraction of sp³-hybridized carbons (Fsp3) is 0.333. The molecule has 2 amide bonds. The van der Waals surface area contributed by atoms with Crippen molar-refractivity contribution in [2.45, 2.75) is 25.8 Å². The van der Waals surface area contributed by atoms with Crippen LogP contribution in [0.4, 0.5) is 0 Å². The zero-order valence-electron chi connectivity index (χ0n) is 16.4. The van der Waals surface area contributed by atoms with Crippen LogP contribution in [0.3, 0.4) is 0 Å². The van der Waals surface area contributed by atoms with E-state index in [1.807, 2.05) is 46.2 Å². The molecule has 1 fully saturated rings. The van der Waals surface area contributed by atoms with Crippen molar-refractivity contribution in [1.82, 2.24) is 9.80 Å². The molecule has 2 aliphatic rings. The Kier molecular flexibility index (Phi) is 6.14. The van der Waals surface area contributed by atoms with Gasteiger partial charge in [-0.15, -0.1) is 0 Å². The van der Waals surface area contributed by atoms with Crippen LogP contribution in [0.1, 0.15) is 29.5 Å². The Hall–Kier alpha value is -2.40. The minimum Gasteiger partial charge on any atom is -0.339 e. The first-order valence-electron chi connectivity index (χ1n) is 10.2. The van der Waals surface area contributed by atoms with Gasteiger partial charge in [0.25, 0.3) is 0 Å². The summed E-state index contributed by atoms with van der Waals surface area (Å²) in [6.07, 6.45) is 5.89. The monoisotopic (exact) mass is 452 g/mol. The fourth-order valence-electron chi connectivity index (χ4n) is 4.17. The van der Waals surface area contributed by atoms with Crippen molar-refractivity contribution < 1.29 is 9.59 Å². The van der Waals surface area contributed by atoms with Crippen LogP contribution in [0.5, 0.6) is 0 Å². The first-order valence-corrected chi connectivity index (χ1v) is 11.0. The minimum absolute atomic E-state index is 0.0165. The number of fused-ring (bicyclic) bond motifs is 1. The lowest BCUT2D eigenvalue weighted by atomic mass is 9.93. The molecule has 150 valence electrons. The maximum absolute atomic E-state index is 13.0. The molecular formula is C24H25BrN2O2. The molecule has 4 nitrogen and oxygen atoms in total. The quantitative estimate of drug-likeness (QED) is 0.651. The molecule has 0 aliphatic carbocycles. The van der Waals surface area contributed by atoms with Gasteiger partial charge in [-0.2, -0.15) is 0 Å². The minimum atomic E-state index is 0.0165. The van der Waals surface area contributed by atoms with Crippen LogP contribution in [0, 0.1) is 5.92 Å². The van der Waals surface area contributed by atoms with E-state index >= 15 is 0 Å². The van der Waals surface area contributed by atoms with Gasteiger partial charge in [-0.25, -0.2) is 0 Å². The Balaban J connectivity index is 1.30. The van der Waals surface area contributed by atoms with Gasteiger partial charge in [0, 0.05) is 42.6 Å². The van der Waals surface area contributed by atoms with Crippen molar-refractivity contribution in [3.63, 3.8) is 0 Å². The number of carbonyl (C=O) groups excluding carboxylic acids is 2. The lowest BCUT2D eigenvalue weighted by Gasteiger charge is -2.35. The molecule has 0 N–H and O–H groups in total. The Morgan fingerprint density at radius 3 is 2.45 bits per heavy atom. The molecular weight excluding hydrogens is 428 g/mol. The van der Waals surface area contributed by atoms with Crippen molar-refractivity contribution in [1.29, 1.82) is 0 Å². The fourth-order valence-corrected chi connectivity index (χ4v) is 4.59. The summed E-state index contributed by atoms with van der Waals surface area (Å²) in [4.78, 5) is 29.3. The highest BCUT2D eigenvalue weighted by Crippen LogP contribution is 2.25. The Morgan fingerprint density at radius 2 is 1.69 bits per heavy atom. The van der Waals surface area contributed by atoms with Gasteiger partial charge in [0.2, 0.25) is 11.8 Å². The molecule has 2 heterocycles. The number of carbonyl (C=O) groups is 2. The normalized spacial score (nSPS) is 17.4. The first kappa shape index (κ1) is 19.9. The molecule has 5 heteroatoms. The van der Waals surface area contributed by atoms with Crippen LogP contribution in [0.25, 0.3) is 6.08 Å². The van der Waals surface area contributed by atoms with Crippen molar-refractivity contribution in [3.05, 3.63) is 75.8 Å². The molecule has 2 aliphatic heterocycles. The van der Waals surface area contributed by atoms with E-state index in [4.69, 9.17) is 0 Å². The van der Waals surface area contributed by atoms with Gasteiger partial charge in [-0.3, -0.25) is 9.59 Å². The van der Waals surface area contributed by atoms with Crippen LogP contribution in [-0.4, -0.2) is 41.2 Å². The average molecular weight is 453 g/mol. The summed E-state index contributed by atoms with van der Waals surface area (Å²) in [6.45, 7) is 2.79. The van der Waals surface area contributed by atoms with Crippen LogP contribution >= 0.6 is 15.9 Å². The lowest BCUT2D eigenvalue weighted by molar-refractivity contribution is -0.140. The highest BCUT2D eigenvalue weighted by molar-refractivity contribution is 9.10. The van der Waals surface area contributed by atoms with E-state index < -0.39 is 0 Å². The maximum Gasteiger partial charge on any atom is 0.246 e. The van der Waals surface area contributed by atoms with Gasteiger partial charge in [0.1, 0.15) is 0 Å². The van der Waals surface area contributed by atoms with E-state index in [-0.39, 0.29) is 17.7 Å². The summed E-state index contributed by atoms with van der Waals surface area (Å²) in [5.41, 5.74) is 3.61. The molecule has 0 atom stereocenters. The van der Waals surface area contributed by atoms with E-state index in [1.165, 1.54) is 11.1 Å². The number of amides is 2. The van der Waals surface area contributed by atoms with Crippen molar-refractivity contribution in [3.8, 4) is 0 Å². The van der Waals surface area contributed by atoms with E-state index in [0.29, 0.717) is 19.6 Å². The molecule has 0 radical (unpaired) electrons. The first-order chi connectivity index (χ1) is 14.1. The Bertz CT molecular complexity index is 932. The Morgan fingerprint density at radius 1 is 0.931 bits per heavy atom. The maximum atomic E-state index is 13.0. The number of benzene rings is 2. The van der Waals surface area contributed by atoms with E-state index in [0.717, 1.165) is 35.8 Å². The van der Waals surface area contributed by atoms with Crippen molar-refractivity contribution in [2.24, 2.45) is 5.92 Å². The third kappa shape index (κ3) is 4.78. The third-order valence-electron chi connectivity index (χ3n) is 5.87. The summed E-state index contributed by atoms with van der Waals surface area (Å²) in [7, 11) is 0. The molecule has 0 saturated carbocycles. The summed E-state index contributed by atoms with van der Waals surface area (Å²) >= 11 is 3.44. The topological polar surface area (TPSA) is 40.6 Å². The lowest BCUT2D eigenvalue weighted by Crippen LogP contribution is -2.45. The molecule has 4 rings (SSSR count). The molecule has 0 bridgehead atoms. The summed E-state index contributed by atoms with van der Waals surface area (Å²) in [6, 6.07) is 16.2. The largest absolute Gasteiger partial charge is 0.339 e. The summed E-state index contributed by atoms with van der Waals surface area (Å²) in [5.74, 6) is 0.289. The second-order valence-corrected chi connectivity index (χ2v) is 8.68. The second kappa shape index (κ2) is 8.95. The van der Waals surface area contributed by atoms with Crippen LogP contribution < -0.4 is 0 Å². The van der Waals surface area contributed by atoms with Crippen LogP contribution in [0.15, 0.2) is 59.1 Å². The highest BCUT2D eigenvalue weighted by Gasteiger charge is 2.31. The number of likely N-dealkylation sites (tertiary alicyclic amines) is 1.